The van der Waals surface area contributed by atoms with Crippen LogP contribution in [0.15, 0.2) is 60.7 Å². The SMILES string of the molecule is CN(CCc1ccccc1)C1CCC(Br)C1N(C(=O)CCBr)c1ccccc1. The van der Waals surface area contributed by atoms with Gasteiger partial charge in [0.25, 0.3) is 0 Å². The van der Waals surface area contributed by atoms with E-state index in [1.54, 1.807) is 0 Å². The zero-order valence-electron chi connectivity index (χ0n) is 16.3. The first-order chi connectivity index (χ1) is 13.6. The molecule has 0 saturated heterocycles. The fourth-order valence-electron chi connectivity index (χ4n) is 4.12. The summed E-state index contributed by atoms with van der Waals surface area (Å²) >= 11 is 7.33. The van der Waals surface area contributed by atoms with Gasteiger partial charge < -0.3 is 9.80 Å². The van der Waals surface area contributed by atoms with Crippen molar-refractivity contribution in [2.24, 2.45) is 0 Å². The number of carbonyl (C=O) groups is 1. The average Bonchev–Trinajstić information content (AvgIpc) is 3.09. The van der Waals surface area contributed by atoms with E-state index in [0.29, 0.717) is 22.6 Å². The van der Waals surface area contributed by atoms with Gasteiger partial charge in [-0.15, -0.1) is 0 Å². The van der Waals surface area contributed by atoms with Crippen molar-refractivity contribution in [3.05, 3.63) is 66.2 Å². The van der Waals surface area contributed by atoms with Crippen LogP contribution in [0.2, 0.25) is 0 Å². The second-order valence-electron chi connectivity index (χ2n) is 7.41. The molecule has 5 heteroatoms. The molecule has 0 spiro atoms. The Morgan fingerprint density at radius 2 is 1.68 bits per heavy atom. The molecule has 0 aliphatic heterocycles. The number of rotatable bonds is 8. The number of carbonyl (C=O) groups excluding carboxylic acids is 1. The summed E-state index contributed by atoms with van der Waals surface area (Å²) in [5.74, 6) is 0.181. The molecule has 0 bridgehead atoms. The molecule has 0 aromatic heterocycles. The van der Waals surface area contributed by atoms with E-state index >= 15 is 0 Å². The van der Waals surface area contributed by atoms with Crippen LogP contribution in [0.4, 0.5) is 5.69 Å². The number of amides is 1. The lowest BCUT2D eigenvalue weighted by atomic mass is 10.1. The molecule has 3 unspecified atom stereocenters. The number of alkyl halides is 2. The minimum absolute atomic E-state index is 0.134. The van der Waals surface area contributed by atoms with Gasteiger partial charge in [-0.3, -0.25) is 4.79 Å². The van der Waals surface area contributed by atoms with Crippen molar-refractivity contribution in [3.63, 3.8) is 0 Å². The summed E-state index contributed by atoms with van der Waals surface area (Å²) in [5.41, 5.74) is 2.35. The normalized spacial score (nSPS) is 21.8. The lowest BCUT2D eigenvalue weighted by molar-refractivity contribution is -0.118. The summed E-state index contributed by atoms with van der Waals surface area (Å²) < 4.78 is 0. The maximum Gasteiger partial charge on any atom is 0.228 e. The molecule has 1 amide bonds. The van der Waals surface area contributed by atoms with Crippen LogP contribution in [-0.2, 0) is 11.2 Å². The number of halogens is 2. The van der Waals surface area contributed by atoms with Gasteiger partial charge in [-0.05, 0) is 44.0 Å². The Kier molecular flexibility index (Phi) is 8.12. The molecule has 0 heterocycles. The summed E-state index contributed by atoms with van der Waals surface area (Å²) in [5, 5.41) is 0.684. The summed E-state index contributed by atoms with van der Waals surface area (Å²) in [4.78, 5) is 17.9. The fourth-order valence-corrected chi connectivity index (χ4v) is 5.31. The third kappa shape index (κ3) is 5.25. The molecular weight excluding hydrogens is 480 g/mol. The molecule has 1 fully saturated rings. The Labute approximate surface area is 185 Å². The predicted molar refractivity (Wildman–Crippen MR) is 125 cm³/mol. The molecule has 2 aromatic carbocycles. The maximum absolute atomic E-state index is 13.1. The quantitative estimate of drug-likeness (QED) is 0.454. The van der Waals surface area contributed by atoms with E-state index in [-0.39, 0.29) is 11.9 Å². The third-order valence-electron chi connectivity index (χ3n) is 5.57. The van der Waals surface area contributed by atoms with Gasteiger partial charge in [-0.2, -0.15) is 0 Å². The molecule has 3 atom stereocenters. The van der Waals surface area contributed by atoms with Gasteiger partial charge in [0.05, 0.1) is 6.04 Å². The minimum atomic E-state index is 0.134. The van der Waals surface area contributed by atoms with Crippen LogP contribution in [0.1, 0.15) is 24.8 Å². The van der Waals surface area contributed by atoms with E-state index in [1.165, 1.54) is 5.56 Å². The van der Waals surface area contributed by atoms with Gasteiger partial charge >= 0.3 is 0 Å². The standard InChI is InChI=1S/C23H28Br2N2O/c1-26(17-15-18-8-4-2-5-9-18)21-13-12-20(25)23(21)27(22(28)14-16-24)19-10-6-3-7-11-19/h2-11,20-21,23H,12-17H2,1H3. The maximum atomic E-state index is 13.1. The first kappa shape index (κ1) is 21.5. The molecule has 1 aliphatic carbocycles. The minimum Gasteiger partial charge on any atom is -0.307 e. The molecule has 0 radical (unpaired) electrons. The van der Waals surface area contributed by atoms with Gasteiger partial charge in [0.2, 0.25) is 5.91 Å². The van der Waals surface area contributed by atoms with Crippen LogP contribution < -0.4 is 4.90 Å². The molecule has 1 saturated carbocycles. The second kappa shape index (κ2) is 10.6. The van der Waals surface area contributed by atoms with Crippen molar-refractivity contribution in [3.8, 4) is 0 Å². The zero-order chi connectivity index (χ0) is 19.9. The Hall–Kier alpha value is -1.17. The van der Waals surface area contributed by atoms with Gasteiger partial charge in [0.1, 0.15) is 0 Å². The molecule has 28 heavy (non-hydrogen) atoms. The average molecular weight is 508 g/mol. The predicted octanol–water partition coefficient (Wildman–Crippen LogP) is 5.27. The fraction of sp³-hybridized carbons (Fsp3) is 0.435. The van der Waals surface area contributed by atoms with Crippen molar-refractivity contribution in [1.29, 1.82) is 0 Å². The van der Waals surface area contributed by atoms with Gasteiger partial charge in [0.15, 0.2) is 0 Å². The third-order valence-corrected chi connectivity index (χ3v) is 6.97. The number of hydrogen-bond donors (Lipinski definition) is 0. The highest BCUT2D eigenvalue weighted by atomic mass is 79.9. The second-order valence-corrected chi connectivity index (χ2v) is 9.37. The largest absolute Gasteiger partial charge is 0.307 e. The van der Waals surface area contributed by atoms with Crippen LogP contribution in [0.3, 0.4) is 0 Å². The summed E-state index contributed by atoms with van der Waals surface area (Å²) in [6, 6.07) is 21.2. The van der Waals surface area contributed by atoms with E-state index in [1.807, 2.05) is 35.2 Å². The van der Waals surface area contributed by atoms with Crippen LogP contribution in [0.25, 0.3) is 0 Å². The molecule has 150 valence electrons. The Morgan fingerprint density at radius 3 is 2.32 bits per heavy atom. The molecular formula is C23H28Br2N2O. The molecule has 2 aromatic rings. The number of likely N-dealkylation sites (N-methyl/N-ethyl adjacent to an activating group) is 1. The first-order valence-corrected chi connectivity index (χ1v) is 12.0. The van der Waals surface area contributed by atoms with Gasteiger partial charge in [-0.1, -0.05) is 80.4 Å². The van der Waals surface area contributed by atoms with Crippen molar-refractivity contribution in [2.45, 2.75) is 42.6 Å². The Balaban J connectivity index is 1.79. The van der Waals surface area contributed by atoms with Crippen LogP contribution >= 0.6 is 31.9 Å². The lowest BCUT2D eigenvalue weighted by Crippen LogP contribution is -2.53. The van der Waals surface area contributed by atoms with Crippen LogP contribution in [0.5, 0.6) is 0 Å². The highest BCUT2D eigenvalue weighted by Crippen LogP contribution is 2.36. The number of hydrogen-bond acceptors (Lipinski definition) is 2. The summed E-state index contributed by atoms with van der Waals surface area (Å²) in [7, 11) is 2.20. The molecule has 1 aliphatic rings. The van der Waals surface area contributed by atoms with Crippen molar-refractivity contribution >= 4 is 43.5 Å². The Morgan fingerprint density at radius 1 is 1.04 bits per heavy atom. The van der Waals surface area contributed by atoms with E-state index in [2.05, 4.69) is 74.1 Å². The smallest absolute Gasteiger partial charge is 0.228 e. The number of anilines is 1. The van der Waals surface area contributed by atoms with Crippen LogP contribution in [-0.4, -0.2) is 46.6 Å². The topological polar surface area (TPSA) is 23.6 Å². The highest BCUT2D eigenvalue weighted by molar-refractivity contribution is 9.09. The van der Waals surface area contributed by atoms with E-state index in [9.17, 15) is 4.79 Å². The molecule has 0 N–H and O–H groups in total. The van der Waals surface area contributed by atoms with Crippen LogP contribution in [0, 0.1) is 0 Å². The van der Waals surface area contributed by atoms with Crippen molar-refractivity contribution in [1.82, 2.24) is 4.90 Å². The highest BCUT2D eigenvalue weighted by Gasteiger charge is 2.42. The van der Waals surface area contributed by atoms with Gasteiger partial charge in [0, 0.05) is 34.9 Å². The van der Waals surface area contributed by atoms with Gasteiger partial charge in [-0.25, -0.2) is 0 Å². The summed E-state index contributed by atoms with van der Waals surface area (Å²) in [6.45, 7) is 0.986. The molecule has 3 rings (SSSR count). The molecule has 3 nitrogen and oxygen atoms in total. The number of benzene rings is 2. The summed E-state index contributed by atoms with van der Waals surface area (Å²) in [6.07, 6.45) is 3.70. The van der Waals surface area contributed by atoms with E-state index in [0.717, 1.165) is 31.5 Å². The van der Waals surface area contributed by atoms with E-state index in [4.69, 9.17) is 0 Å². The monoisotopic (exact) mass is 506 g/mol. The van der Waals surface area contributed by atoms with Crippen molar-refractivity contribution in [2.75, 3.05) is 23.8 Å². The van der Waals surface area contributed by atoms with Crippen molar-refractivity contribution < 1.29 is 4.79 Å². The lowest BCUT2D eigenvalue weighted by Gasteiger charge is -2.39. The Bertz CT molecular complexity index is 741. The first-order valence-electron chi connectivity index (χ1n) is 9.93. The van der Waals surface area contributed by atoms with E-state index < -0.39 is 0 Å². The zero-order valence-corrected chi connectivity index (χ0v) is 19.5. The number of para-hydroxylation sites is 1. The number of nitrogens with zero attached hydrogens (tertiary/aromatic N) is 2.